The van der Waals surface area contributed by atoms with Gasteiger partial charge in [-0.2, -0.15) is 0 Å². The Balaban J connectivity index is 1.42. The van der Waals surface area contributed by atoms with Crippen molar-refractivity contribution in [2.75, 3.05) is 41.3 Å². The van der Waals surface area contributed by atoms with E-state index in [0.717, 1.165) is 64.2 Å². The monoisotopic (exact) mass is 565 g/mol. The van der Waals surface area contributed by atoms with E-state index in [4.69, 9.17) is 46.9 Å². The maximum atomic E-state index is 13.1. The zero-order valence-electron chi connectivity index (χ0n) is 22.6. The van der Waals surface area contributed by atoms with Crippen LogP contribution in [0.3, 0.4) is 0 Å². The van der Waals surface area contributed by atoms with E-state index in [0.29, 0.717) is 0 Å². The summed E-state index contributed by atoms with van der Waals surface area (Å²) in [6.07, 6.45) is 4.10. The maximum absolute atomic E-state index is 13.1. The molecule has 3 saturated carbocycles. The number of methoxy groups -OCH3 is 3. The molecule has 0 aromatic rings. The molecule has 0 aromatic carbocycles. The van der Waals surface area contributed by atoms with E-state index >= 15 is 0 Å². The van der Waals surface area contributed by atoms with Crippen LogP contribution < -0.4 is 4.89 Å². The molecule has 2 unspecified atom stereocenters. The minimum atomic E-state index is -4.84. The molecule has 0 radical (unpaired) electrons. The van der Waals surface area contributed by atoms with Crippen LogP contribution in [-0.2, 0) is 51.5 Å². The topological polar surface area (TPSA) is 132 Å². The molecule has 5 rings (SSSR count). The second-order valence-electron chi connectivity index (χ2n) is 10.9. The number of hydrogen-bond acceptors (Lipinski definition) is 12. The second-order valence-corrected chi connectivity index (χ2v) is 12.3. The smallest absolute Gasteiger partial charge is 0.268 e. The third-order valence-corrected chi connectivity index (χ3v) is 9.28. The molecule has 0 N–H and O–H groups in total. The van der Waals surface area contributed by atoms with E-state index in [1.165, 1.54) is 21.3 Å². The standard InChI is InChI=1S/C25H43O12P/c1-28-14-17(30-3)15-32-38(26,27)37-23-18(31-16-29-2)19-20(34-24(33-19)10-6-4-7-11-24)21-22(23)36-25(35-21)12-8-5-9-13-25/h17-23H,4-16H2,1-3H3,(H,26,27)/p-1/t17?,18-,19-,20+,21-,22-,23+/m1/s1. The van der Waals surface area contributed by atoms with Crippen molar-refractivity contribution in [1.29, 1.82) is 0 Å². The molecule has 2 heterocycles. The van der Waals surface area contributed by atoms with Crippen LogP contribution in [0.5, 0.6) is 0 Å². The van der Waals surface area contributed by atoms with E-state index in [1.807, 2.05) is 0 Å². The molecular formula is C25H42O12P-. The van der Waals surface area contributed by atoms with Gasteiger partial charge in [0.15, 0.2) is 11.6 Å². The van der Waals surface area contributed by atoms with E-state index in [1.54, 1.807) is 0 Å². The number of phosphoric ester groups is 1. The molecule has 3 aliphatic carbocycles. The SMILES string of the molecule is COCO[C@@H]1[C@H]2OC3(CCCCC3)O[C@@H]2[C@H]2OC3(CCCCC3)O[C@H]2[C@H]1OP(=O)([O-])OCC(COC)OC. The van der Waals surface area contributed by atoms with Crippen LogP contribution in [0.25, 0.3) is 0 Å². The highest BCUT2D eigenvalue weighted by molar-refractivity contribution is 7.45. The summed E-state index contributed by atoms with van der Waals surface area (Å²) in [5.74, 6) is -1.56. The Hall–Kier alpha value is -0.210. The lowest BCUT2D eigenvalue weighted by Gasteiger charge is -2.44. The van der Waals surface area contributed by atoms with Crippen LogP contribution in [0.2, 0.25) is 0 Å². The zero-order valence-corrected chi connectivity index (χ0v) is 23.5. The Morgan fingerprint density at radius 3 is 1.79 bits per heavy atom. The van der Waals surface area contributed by atoms with Crippen molar-refractivity contribution >= 4 is 7.82 Å². The lowest BCUT2D eigenvalue weighted by Crippen LogP contribution is -2.63. The Kier molecular flexibility index (Phi) is 9.51. The molecule has 2 saturated heterocycles. The van der Waals surface area contributed by atoms with Gasteiger partial charge in [0.2, 0.25) is 0 Å². The molecule has 13 heteroatoms. The van der Waals surface area contributed by atoms with Gasteiger partial charge in [-0.3, -0.25) is 4.57 Å². The molecular weight excluding hydrogens is 523 g/mol. The van der Waals surface area contributed by atoms with E-state index in [2.05, 4.69) is 0 Å². The summed E-state index contributed by atoms with van der Waals surface area (Å²) in [5, 5.41) is 0. The van der Waals surface area contributed by atoms with Crippen LogP contribution in [0, 0.1) is 0 Å². The second kappa shape index (κ2) is 12.3. The Morgan fingerprint density at radius 2 is 1.29 bits per heavy atom. The summed E-state index contributed by atoms with van der Waals surface area (Å²) >= 11 is 0. The third-order valence-electron chi connectivity index (χ3n) is 8.31. The maximum Gasteiger partial charge on any atom is 0.268 e. The molecule has 0 amide bonds. The summed E-state index contributed by atoms with van der Waals surface area (Å²) in [6, 6.07) is 0. The molecule has 2 spiro atoms. The molecule has 220 valence electrons. The Bertz CT molecular complexity index is 804. The molecule has 8 atom stereocenters. The number of ether oxygens (including phenoxy) is 8. The average Bonchev–Trinajstić information content (AvgIpc) is 3.45. The first-order valence-corrected chi connectivity index (χ1v) is 15.3. The van der Waals surface area contributed by atoms with Gasteiger partial charge in [0.25, 0.3) is 7.82 Å². The lowest BCUT2D eigenvalue weighted by atomic mass is 9.85. The summed E-state index contributed by atoms with van der Waals surface area (Å²) in [4.78, 5) is 13.1. The minimum Gasteiger partial charge on any atom is -0.756 e. The molecule has 5 aliphatic rings. The van der Waals surface area contributed by atoms with Crippen LogP contribution in [-0.4, -0.2) is 95.6 Å². The van der Waals surface area contributed by atoms with E-state index in [-0.39, 0.29) is 20.0 Å². The number of rotatable bonds is 11. The average molecular weight is 566 g/mol. The van der Waals surface area contributed by atoms with Gasteiger partial charge in [-0.05, 0) is 25.7 Å². The first kappa shape index (κ1) is 29.3. The zero-order chi connectivity index (χ0) is 26.8. The quantitative estimate of drug-likeness (QED) is 0.269. The first-order valence-electron chi connectivity index (χ1n) is 13.8. The highest BCUT2D eigenvalue weighted by Crippen LogP contribution is 2.54. The summed E-state index contributed by atoms with van der Waals surface area (Å²) in [5.41, 5.74) is 0. The minimum absolute atomic E-state index is 0.0862. The van der Waals surface area contributed by atoms with Gasteiger partial charge in [0.1, 0.15) is 49.5 Å². The van der Waals surface area contributed by atoms with Crippen LogP contribution in [0.4, 0.5) is 0 Å². The van der Waals surface area contributed by atoms with Gasteiger partial charge in [0.05, 0.1) is 13.2 Å². The van der Waals surface area contributed by atoms with Crippen LogP contribution >= 0.6 is 7.82 Å². The molecule has 0 aromatic heterocycles. The normalized spacial score (nSPS) is 38.1. The molecule has 38 heavy (non-hydrogen) atoms. The molecule has 0 bridgehead atoms. The van der Waals surface area contributed by atoms with Crippen molar-refractivity contribution in [2.24, 2.45) is 0 Å². The van der Waals surface area contributed by atoms with Gasteiger partial charge in [-0.15, -0.1) is 0 Å². The fourth-order valence-electron chi connectivity index (χ4n) is 6.54. The van der Waals surface area contributed by atoms with Gasteiger partial charge in [-0.25, -0.2) is 0 Å². The Labute approximate surface area is 224 Å². The Morgan fingerprint density at radius 1 is 0.763 bits per heavy atom. The summed E-state index contributed by atoms with van der Waals surface area (Å²) in [6.45, 7) is -0.177. The number of fused-ring (bicyclic) bond motifs is 3. The van der Waals surface area contributed by atoms with E-state index in [9.17, 15) is 9.46 Å². The number of phosphoric acid groups is 1. The van der Waals surface area contributed by atoms with Crippen molar-refractivity contribution < 1.29 is 56.4 Å². The first-order chi connectivity index (χ1) is 18.3. The van der Waals surface area contributed by atoms with Crippen LogP contribution in [0.1, 0.15) is 64.2 Å². The largest absolute Gasteiger partial charge is 0.756 e. The van der Waals surface area contributed by atoms with Crippen molar-refractivity contribution in [3.8, 4) is 0 Å². The third kappa shape index (κ3) is 6.17. The van der Waals surface area contributed by atoms with Gasteiger partial charge in [-0.1, -0.05) is 12.8 Å². The predicted octanol–water partition coefficient (Wildman–Crippen LogP) is 2.41. The van der Waals surface area contributed by atoms with Gasteiger partial charge >= 0.3 is 0 Å². The fraction of sp³-hybridized carbons (Fsp3) is 1.00. The lowest BCUT2D eigenvalue weighted by molar-refractivity contribution is -0.260. The molecule has 2 aliphatic heterocycles. The predicted molar refractivity (Wildman–Crippen MR) is 129 cm³/mol. The van der Waals surface area contributed by atoms with Crippen molar-refractivity contribution in [3.05, 3.63) is 0 Å². The van der Waals surface area contributed by atoms with Crippen molar-refractivity contribution in [2.45, 2.75) is 119 Å². The van der Waals surface area contributed by atoms with Gasteiger partial charge < -0.3 is 51.8 Å². The van der Waals surface area contributed by atoms with Gasteiger partial charge in [0, 0.05) is 47.0 Å². The fourth-order valence-corrected chi connectivity index (χ4v) is 7.49. The summed E-state index contributed by atoms with van der Waals surface area (Å²) < 4.78 is 72.0. The van der Waals surface area contributed by atoms with E-state index < -0.39 is 62.1 Å². The number of hydrogen-bond donors (Lipinski definition) is 0. The van der Waals surface area contributed by atoms with Crippen LogP contribution in [0.15, 0.2) is 0 Å². The molecule has 5 fully saturated rings. The summed E-state index contributed by atoms with van der Waals surface area (Å²) in [7, 11) is -0.384. The van der Waals surface area contributed by atoms with Crippen molar-refractivity contribution in [1.82, 2.24) is 0 Å². The highest BCUT2D eigenvalue weighted by atomic mass is 31.2. The molecule has 12 nitrogen and oxygen atoms in total. The highest BCUT2D eigenvalue weighted by Gasteiger charge is 2.67. The van der Waals surface area contributed by atoms with Crippen molar-refractivity contribution in [3.63, 3.8) is 0 Å².